The first-order valence-corrected chi connectivity index (χ1v) is 6.27. The molecule has 1 N–H and O–H groups in total. The van der Waals surface area contributed by atoms with Crippen LogP contribution in [0.3, 0.4) is 0 Å². The summed E-state index contributed by atoms with van der Waals surface area (Å²) in [5.74, 6) is 0.669. The molecule has 0 aromatic heterocycles. The van der Waals surface area contributed by atoms with Crippen molar-refractivity contribution in [3.05, 3.63) is 42.5 Å². The zero-order chi connectivity index (χ0) is 15.0. The summed E-state index contributed by atoms with van der Waals surface area (Å²) in [5, 5.41) is 3.84. The van der Waals surface area contributed by atoms with Crippen molar-refractivity contribution in [3.63, 3.8) is 0 Å². The van der Waals surface area contributed by atoms with E-state index in [1.807, 2.05) is 24.3 Å². The lowest BCUT2D eigenvalue weighted by atomic mass is 10.2. The molecule has 1 aromatic rings. The molecule has 0 radical (unpaired) electrons. The number of benzene rings is 1. The quantitative estimate of drug-likeness (QED) is 0.510. The molecule has 5 nitrogen and oxygen atoms in total. The summed E-state index contributed by atoms with van der Waals surface area (Å²) in [5.41, 5.74) is 2.51. The minimum Gasteiger partial charge on any atom is -0.489 e. The van der Waals surface area contributed by atoms with E-state index in [1.54, 1.807) is 26.8 Å². The van der Waals surface area contributed by atoms with Crippen LogP contribution in [0.15, 0.2) is 42.0 Å². The highest BCUT2D eigenvalue weighted by Gasteiger charge is 2.15. The molecule has 1 rings (SSSR count). The van der Waals surface area contributed by atoms with E-state index in [2.05, 4.69) is 17.1 Å². The van der Waals surface area contributed by atoms with Crippen LogP contribution in [0.1, 0.15) is 26.3 Å². The monoisotopic (exact) mass is 276 g/mol. The Morgan fingerprint density at radius 2 is 2.10 bits per heavy atom. The second-order valence-corrected chi connectivity index (χ2v) is 5.01. The van der Waals surface area contributed by atoms with Gasteiger partial charge in [0.2, 0.25) is 0 Å². The fourth-order valence-electron chi connectivity index (χ4n) is 1.32. The van der Waals surface area contributed by atoms with Gasteiger partial charge in [0.05, 0.1) is 6.21 Å². The standard InChI is InChI=1S/C15H20N2O3/c1-5-10-19-13-9-7-6-8-12(13)11-16-17-14(18)20-15(2,3)4/h5-9,11H,1,10H2,2-4H3,(H,17,18)/b16-11-. The van der Waals surface area contributed by atoms with Crippen molar-refractivity contribution >= 4 is 12.3 Å². The summed E-state index contributed by atoms with van der Waals surface area (Å²) in [6.45, 7) is 9.36. The lowest BCUT2D eigenvalue weighted by Gasteiger charge is -2.18. The highest BCUT2D eigenvalue weighted by Crippen LogP contribution is 2.15. The van der Waals surface area contributed by atoms with Crippen molar-refractivity contribution in [1.82, 2.24) is 5.43 Å². The first kappa shape index (κ1) is 15.8. The molecule has 0 fully saturated rings. The molecule has 1 amide bonds. The Bertz CT molecular complexity index is 490. The van der Waals surface area contributed by atoms with Crippen LogP contribution >= 0.6 is 0 Å². The van der Waals surface area contributed by atoms with Crippen LogP contribution in [-0.4, -0.2) is 24.5 Å². The van der Waals surface area contributed by atoms with Gasteiger partial charge in [-0.1, -0.05) is 24.8 Å². The number of nitrogens with one attached hydrogen (secondary N) is 1. The summed E-state index contributed by atoms with van der Waals surface area (Å²) in [7, 11) is 0. The maximum absolute atomic E-state index is 11.4. The molecule has 20 heavy (non-hydrogen) atoms. The van der Waals surface area contributed by atoms with Gasteiger partial charge < -0.3 is 9.47 Å². The highest BCUT2D eigenvalue weighted by atomic mass is 16.6. The van der Waals surface area contributed by atoms with Gasteiger partial charge in [-0.2, -0.15) is 5.10 Å². The minimum absolute atomic E-state index is 0.407. The number of hydrazone groups is 1. The number of para-hydroxylation sites is 1. The van der Waals surface area contributed by atoms with E-state index >= 15 is 0 Å². The molecule has 0 aliphatic heterocycles. The van der Waals surface area contributed by atoms with Crippen LogP contribution in [-0.2, 0) is 4.74 Å². The molecule has 0 heterocycles. The smallest absolute Gasteiger partial charge is 0.428 e. The van der Waals surface area contributed by atoms with E-state index in [1.165, 1.54) is 6.21 Å². The third-order valence-electron chi connectivity index (χ3n) is 2.03. The molecule has 108 valence electrons. The second kappa shape index (κ2) is 7.33. The number of hydrogen-bond acceptors (Lipinski definition) is 4. The molecule has 0 spiro atoms. The van der Waals surface area contributed by atoms with Crippen LogP contribution in [0.4, 0.5) is 4.79 Å². The Morgan fingerprint density at radius 3 is 2.75 bits per heavy atom. The number of ether oxygens (including phenoxy) is 2. The van der Waals surface area contributed by atoms with Gasteiger partial charge in [0.1, 0.15) is 18.0 Å². The van der Waals surface area contributed by atoms with Gasteiger partial charge in [-0.25, -0.2) is 10.2 Å². The maximum Gasteiger partial charge on any atom is 0.428 e. The lowest BCUT2D eigenvalue weighted by molar-refractivity contribution is 0.0529. The summed E-state index contributed by atoms with van der Waals surface area (Å²) >= 11 is 0. The average molecular weight is 276 g/mol. The van der Waals surface area contributed by atoms with E-state index in [0.29, 0.717) is 12.4 Å². The third-order valence-corrected chi connectivity index (χ3v) is 2.03. The molecule has 0 atom stereocenters. The normalized spacial score (nSPS) is 11.2. The summed E-state index contributed by atoms with van der Waals surface area (Å²) in [6.07, 6.45) is 2.56. The van der Waals surface area contributed by atoms with Gasteiger partial charge in [-0.15, -0.1) is 0 Å². The Labute approximate surface area is 119 Å². The van der Waals surface area contributed by atoms with Gasteiger partial charge in [0.25, 0.3) is 0 Å². The molecular formula is C15H20N2O3. The SMILES string of the molecule is C=CCOc1ccccc1/C=N\NC(=O)OC(C)(C)C. The first-order valence-electron chi connectivity index (χ1n) is 6.27. The van der Waals surface area contributed by atoms with E-state index in [-0.39, 0.29) is 0 Å². The van der Waals surface area contributed by atoms with Crippen LogP contribution in [0.5, 0.6) is 5.75 Å². The molecule has 0 aliphatic rings. The lowest BCUT2D eigenvalue weighted by Crippen LogP contribution is -2.29. The largest absolute Gasteiger partial charge is 0.489 e. The molecule has 0 saturated heterocycles. The number of rotatable bonds is 5. The number of amides is 1. The van der Waals surface area contributed by atoms with E-state index in [0.717, 1.165) is 5.56 Å². The number of nitrogens with zero attached hydrogens (tertiary/aromatic N) is 1. The molecule has 1 aromatic carbocycles. The van der Waals surface area contributed by atoms with Gasteiger partial charge in [-0.05, 0) is 32.9 Å². The van der Waals surface area contributed by atoms with Crippen molar-refractivity contribution in [3.8, 4) is 5.75 Å². The Kier molecular flexibility index (Phi) is 5.77. The fraction of sp³-hybridized carbons (Fsp3) is 0.333. The highest BCUT2D eigenvalue weighted by molar-refractivity contribution is 5.84. The molecule has 5 heteroatoms. The van der Waals surface area contributed by atoms with E-state index in [9.17, 15) is 4.79 Å². The number of hydrogen-bond donors (Lipinski definition) is 1. The molecule has 0 saturated carbocycles. The van der Waals surface area contributed by atoms with Crippen molar-refractivity contribution in [2.45, 2.75) is 26.4 Å². The van der Waals surface area contributed by atoms with Gasteiger partial charge in [-0.3, -0.25) is 0 Å². The Balaban J connectivity index is 2.61. The van der Waals surface area contributed by atoms with Gasteiger partial charge in [0.15, 0.2) is 0 Å². The van der Waals surface area contributed by atoms with Crippen molar-refractivity contribution in [1.29, 1.82) is 0 Å². The first-order chi connectivity index (χ1) is 9.42. The molecular weight excluding hydrogens is 256 g/mol. The Hall–Kier alpha value is -2.30. The van der Waals surface area contributed by atoms with E-state index < -0.39 is 11.7 Å². The topological polar surface area (TPSA) is 59.9 Å². The van der Waals surface area contributed by atoms with Crippen molar-refractivity contribution < 1.29 is 14.3 Å². The number of carbonyl (C=O) groups excluding carboxylic acids is 1. The maximum atomic E-state index is 11.4. The molecule has 0 unspecified atom stereocenters. The van der Waals surface area contributed by atoms with E-state index in [4.69, 9.17) is 9.47 Å². The van der Waals surface area contributed by atoms with Crippen LogP contribution in [0, 0.1) is 0 Å². The summed E-state index contributed by atoms with van der Waals surface area (Å²) in [6, 6.07) is 7.36. The zero-order valence-electron chi connectivity index (χ0n) is 12.1. The van der Waals surface area contributed by atoms with Crippen molar-refractivity contribution in [2.75, 3.05) is 6.61 Å². The average Bonchev–Trinajstić information content (AvgIpc) is 2.35. The minimum atomic E-state index is -0.599. The second-order valence-electron chi connectivity index (χ2n) is 5.01. The predicted octanol–water partition coefficient (Wildman–Crippen LogP) is 3.11. The predicted molar refractivity (Wildman–Crippen MR) is 79.1 cm³/mol. The molecule has 0 aliphatic carbocycles. The fourth-order valence-corrected chi connectivity index (χ4v) is 1.32. The van der Waals surface area contributed by atoms with Crippen LogP contribution < -0.4 is 10.2 Å². The molecule has 0 bridgehead atoms. The third kappa shape index (κ3) is 6.04. The van der Waals surface area contributed by atoms with Crippen molar-refractivity contribution in [2.24, 2.45) is 5.10 Å². The number of carbonyl (C=O) groups is 1. The Morgan fingerprint density at radius 1 is 1.40 bits per heavy atom. The van der Waals surface area contributed by atoms with Gasteiger partial charge in [0, 0.05) is 5.56 Å². The van der Waals surface area contributed by atoms with Crippen LogP contribution in [0.25, 0.3) is 0 Å². The zero-order valence-corrected chi connectivity index (χ0v) is 12.1. The summed E-state index contributed by atoms with van der Waals surface area (Å²) in [4.78, 5) is 11.4. The van der Waals surface area contributed by atoms with Crippen LogP contribution in [0.2, 0.25) is 0 Å². The summed E-state index contributed by atoms with van der Waals surface area (Å²) < 4.78 is 10.5. The van der Waals surface area contributed by atoms with Gasteiger partial charge >= 0.3 is 6.09 Å².